The highest BCUT2D eigenvalue weighted by molar-refractivity contribution is 6.06. The second-order valence-electron chi connectivity index (χ2n) is 5.02. The Morgan fingerprint density at radius 2 is 1.75 bits per heavy atom. The predicted octanol–water partition coefficient (Wildman–Crippen LogP) is 0.949. The first kappa shape index (κ1) is 10.3. The minimum absolute atomic E-state index is 0.0238. The normalized spacial score (nSPS) is 40.9. The fourth-order valence-corrected chi connectivity index (χ4v) is 3.31. The Bertz CT molecular complexity index is 313. The third kappa shape index (κ3) is 1.19. The van der Waals surface area contributed by atoms with E-state index in [-0.39, 0.29) is 35.9 Å². The van der Waals surface area contributed by atoms with Crippen LogP contribution in [0.25, 0.3) is 0 Å². The Labute approximate surface area is 94.9 Å². The lowest BCUT2D eigenvalue weighted by atomic mass is 9.81. The summed E-state index contributed by atoms with van der Waals surface area (Å²) in [5, 5.41) is 0. The Morgan fingerprint density at radius 3 is 2.25 bits per heavy atom. The van der Waals surface area contributed by atoms with Crippen LogP contribution in [-0.4, -0.2) is 35.5 Å². The monoisotopic (exact) mass is 223 g/mol. The summed E-state index contributed by atoms with van der Waals surface area (Å²) in [6, 6.07) is 0. The molecule has 4 heteroatoms. The molecule has 3 rings (SSSR count). The third-order valence-electron chi connectivity index (χ3n) is 4.11. The molecule has 0 aromatic rings. The lowest BCUT2D eigenvalue weighted by Crippen LogP contribution is -2.34. The van der Waals surface area contributed by atoms with E-state index in [1.54, 1.807) is 0 Å². The van der Waals surface area contributed by atoms with Crippen molar-refractivity contribution in [1.29, 1.82) is 0 Å². The molecule has 0 saturated carbocycles. The van der Waals surface area contributed by atoms with Crippen LogP contribution in [0.5, 0.6) is 0 Å². The van der Waals surface area contributed by atoms with Gasteiger partial charge in [0, 0.05) is 6.54 Å². The van der Waals surface area contributed by atoms with Crippen molar-refractivity contribution in [1.82, 2.24) is 4.90 Å². The number of nitrogens with zero attached hydrogens (tertiary/aromatic N) is 1. The molecule has 4 nitrogen and oxygen atoms in total. The van der Waals surface area contributed by atoms with Crippen LogP contribution in [0, 0.1) is 11.8 Å². The summed E-state index contributed by atoms with van der Waals surface area (Å²) in [5.41, 5.74) is 0. The fourth-order valence-electron chi connectivity index (χ4n) is 3.31. The van der Waals surface area contributed by atoms with Gasteiger partial charge < -0.3 is 4.74 Å². The van der Waals surface area contributed by atoms with Gasteiger partial charge in [0.2, 0.25) is 11.8 Å². The minimum Gasteiger partial charge on any atom is -0.373 e. The van der Waals surface area contributed by atoms with Crippen LogP contribution in [0.3, 0.4) is 0 Å². The summed E-state index contributed by atoms with van der Waals surface area (Å²) in [7, 11) is 0. The number of carbonyl (C=O) groups is 2. The molecule has 3 aliphatic rings. The second-order valence-corrected chi connectivity index (χ2v) is 5.02. The third-order valence-corrected chi connectivity index (χ3v) is 4.11. The number of unbranched alkanes of at least 4 members (excludes halogenated alkanes) is 1. The summed E-state index contributed by atoms with van der Waals surface area (Å²) in [6.45, 7) is 2.67. The molecule has 0 aromatic carbocycles. The topological polar surface area (TPSA) is 46.6 Å². The smallest absolute Gasteiger partial charge is 0.235 e. The van der Waals surface area contributed by atoms with E-state index in [9.17, 15) is 9.59 Å². The first-order chi connectivity index (χ1) is 7.74. The summed E-state index contributed by atoms with van der Waals surface area (Å²) >= 11 is 0. The zero-order chi connectivity index (χ0) is 11.3. The maximum Gasteiger partial charge on any atom is 0.235 e. The highest BCUT2D eigenvalue weighted by atomic mass is 16.5. The van der Waals surface area contributed by atoms with E-state index in [4.69, 9.17) is 4.74 Å². The van der Waals surface area contributed by atoms with E-state index in [2.05, 4.69) is 6.92 Å². The number of imide groups is 1. The van der Waals surface area contributed by atoms with Crippen molar-refractivity contribution in [2.45, 2.75) is 44.8 Å². The first-order valence-corrected chi connectivity index (χ1v) is 6.24. The van der Waals surface area contributed by atoms with Gasteiger partial charge in [0.1, 0.15) is 0 Å². The summed E-state index contributed by atoms with van der Waals surface area (Å²) in [4.78, 5) is 25.7. The van der Waals surface area contributed by atoms with Gasteiger partial charge in [-0.25, -0.2) is 0 Å². The Balaban J connectivity index is 1.81. The van der Waals surface area contributed by atoms with Crippen LogP contribution in [0.4, 0.5) is 0 Å². The number of hydrogen-bond acceptors (Lipinski definition) is 3. The molecule has 0 aliphatic carbocycles. The van der Waals surface area contributed by atoms with Crippen molar-refractivity contribution in [2.75, 3.05) is 6.54 Å². The highest BCUT2D eigenvalue weighted by Gasteiger charge is 2.61. The minimum atomic E-state index is -0.150. The van der Waals surface area contributed by atoms with Gasteiger partial charge in [-0.3, -0.25) is 14.5 Å². The molecule has 3 fully saturated rings. The van der Waals surface area contributed by atoms with E-state index in [1.165, 1.54) is 4.90 Å². The van der Waals surface area contributed by atoms with Crippen LogP contribution in [0.2, 0.25) is 0 Å². The summed E-state index contributed by atoms with van der Waals surface area (Å²) in [6.07, 6.45) is 3.87. The van der Waals surface area contributed by atoms with Crippen molar-refractivity contribution in [3.05, 3.63) is 0 Å². The van der Waals surface area contributed by atoms with Crippen molar-refractivity contribution < 1.29 is 14.3 Å². The van der Waals surface area contributed by atoms with Gasteiger partial charge >= 0.3 is 0 Å². The van der Waals surface area contributed by atoms with Crippen LogP contribution in [0.15, 0.2) is 0 Å². The van der Waals surface area contributed by atoms with Gasteiger partial charge in [-0.05, 0) is 19.3 Å². The van der Waals surface area contributed by atoms with Crippen LogP contribution in [-0.2, 0) is 14.3 Å². The molecule has 16 heavy (non-hydrogen) atoms. The van der Waals surface area contributed by atoms with Gasteiger partial charge in [0.15, 0.2) is 0 Å². The second kappa shape index (κ2) is 3.55. The number of ether oxygens (including phenoxy) is 1. The standard InChI is InChI=1S/C12H17NO3/c1-2-3-6-13-11(14)9-7-4-5-8(16-7)10(9)12(13)15/h7-10H,2-6H2,1H3/t7-,8-,9-,10+/m1/s1. The van der Waals surface area contributed by atoms with Gasteiger partial charge in [0.25, 0.3) is 0 Å². The number of amides is 2. The molecule has 3 saturated heterocycles. The summed E-state index contributed by atoms with van der Waals surface area (Å²) in [5.74, 6) is -0.252. The molecule has 3 heterocycles. The van der Waals surface area contributed by atoms with Gasteiger partial charge in [-0.15, -0.1) is 0 Å². The Hall–Kier alpha value is -0.900. The molecule has 3 aliphatic heterocycles. The van der Waals surface area contributed by atoms with Crippen molar-refractivity contribution in [3.8, 4) is 0 Å². The lowest BCUT2D eigenvalue weighted by Gasteiger charge is -2.16. The van der Waals surface area contributed by atoms with E-state index < -0.39 is 0 Å². The van der Waals surface area contributed by atoms with Crippen molar-refractivity contribution in [2.24, 2.45) is 11.8 Å². The average molecular weight is 223 g/mol. The molecular weight excluding hydrogens is 206 g/mol. The number of carbonyl (C=O) groups excluding carboxylic acids is 2. The molecule has 0 spiro atoms. The maximum atomic E-state index is 12.1. The largest absolute Gasteiger partial charge is 0.373 e. The van der Waals surface area contributed by atoms with E-state index >= 15 is 0 Å². The molecule has 2 bridgehead atoms. The van der Waals surface area contributed by atoms with Crippen molar-refractivity contribution >= 4 is 11.8 Å². The molecule has 0 unspecified atom stereocenters. The zero-order valence-electron chi connectivity index (χ0n) is 9.52. The SMILES string of the molecule is CCCCN1C(=O)[C@@H]2[C@H](C1=O)[C@H]1CC[C@H]2O1. The molecule has 88 valence electrons. The number of fused-ring (bicyclic) bond motifs is 5. The molecule has 0 N–H and O–H groups in total. The fraction of sp³-hybridized carbons (Fsp3) is 0.833. The molecular formula is C12H17NO3. The van der Waals surface area contributed by atoms with Crippen LogP contribution >= 0.6 is 0 Å². The number of hydrogen-bond donors (Lipinski definition) is 0. The molecule has 2 amide bonds. The molecule has 0 aromatic heterocycles. The summed E-state index contributed by atoms with van der Waals surface area (Å²) < 4.78 is 5.66. The number of likely N-dealkylation sites (tertiary alicyclic amines) is 1. The zero-order valence-corrected chi connectivity index (χ0v) is 9.52. The van der Waals surface area contributed by atoms with Gasteiger partial charge in [-0.1, -0.05) is 13.3 Å². The average Bonchev–Trinajstić information content (AvgIpc) is 2.92. The van der Waals surface area contributed by atoms with E-state index in [1.807, 2.05) is 0 Å². The Morgan fingerprint density at radius 1 is 1.19 bits per heavy atom. The van der Waals surface area contributed by atoms with Crippen molar-refractivity contribution in [3.63, 3.8) is 0 Å². The quantitative estimate of drug-likeness (QED) is 0.669. The van der Waals surface area contributed by atoms with Gasteiger partial charge in [0.05, 0.1) is 24.0 Å². The van der Waals surface area contributed by atoms with E-state index in [0.29, 0.717) is 6.54 Å². The highest BCUT2D eigenvalue weighted by Crippen LogP contribution is 2.48. The predicted molar refractivity (Wildman–Crippen MR) is 56.5 cm³/mol. The number of rotatable bonds is 3. The Kier molecular flexibility index (Phi) is 2.28. The van der Waals surface area contributed by atoms with Crippen LogP contribution < -0.4 is 0 Å². The molecule has 0 radical (unpaired) electrons. The first-order valence-electron chi connectivity index (χ1n) is 6.24. The molecule has 4 atom stereocenters. The maximum absolute atomic E-state index is 12.1. The van der Waals surface area contributed by atoms with Crippen LogP contribution in [0.1, 0.15) is 32.6 Å². The van der Waals surface area contributed by atoms with E-state index in [0.717, 1.165) is 25.7 Å². The lowest BCUT2D eigenvalue weighted by molar-refractivity contribution is -0.142. The van der Waals surface area contributed by atoms with Gasteiger partial charge in [-0.2, -0.15) is 0 Å².